The van der Waals surface area contributed by atoms with Crippen LogP contribution < -0.4 is 10.5 Å². The van der Waals surface area contributed by atoms with E-state index < -0.39 is 11.8 Å². The summed E-state index contributed by atoms with van der Waals surface area (Å²) in [5, 5.41) is 8.37. The van der Waals surface area contributed by atoms with Crippen molar-refractivity contribution in [3.8, 4) is 5.75 Å². The van der Waals surface area contributed by atoms with Crippen LogP contribution in [-0.4, -0.2) is 17.7 Å². The second-order valence-electron chi connectivity index (χ2n) is 2.80. The Hall–Kier alpha value is -1.30. The van der Waals surface area contributed by atoms with Gasteiger partial charge in [0, 0.05) is 6.07 Å². The smallest absolute Gasteiger partial charge is 0.306 e. The lowest BCUT2D eigenvalue weighted by atomic mass is 10.3. The van der Waals surface area contributed by atoms with Gasteiger partial charge in [0.15, 0.2) is 0 Å². The average Bonchev–Trinajstić information content (AvgIpc) is 2.13. The van der Waals surface area contributed by atoms with E-state index in [1.807, 2.05) is 0 Å². The highest BCUT2D eigenvalue weighted by molar-refractivity contribution is 9.10. The summed E-state index contributed by atoms with van der Waals surface area (Å²) in [6, 6.07) is 2.48. The first-order chi connectivity index (χ1) is 7.00. The number of hydrogen-bond donors (Lipinski definition) is 2. The van der Waals surface area contributed by atoms with E-state index in [1.54, 1.807) is 0 Å². The Morgan fingerprint density at radius 3 is 2.87 bits per heavy atom. The van der Waals surface area contributed by atoms with Crippen LogP contribution in [0.2, 0.25) is 0 Å². The molecule has 82 valence electrons. The maximum absolute atomic E-state index is 13.0. The molecule has 0 aliphatic heterocycles. The van der Waals surface area contributed by atoms with Crippen molar-refractivity contribution >= 4 is 27.6 Å². The zero-order valence-electron chi connectivity index (χ0n) is 7.67. The Kier molecular flexibility index (Phi) is 3.90. The summed E-state index contributed by atoms with van der Waals surface area (Å²) in [5.74, 6) is -1.34. The van der Waals surface area contributed by atoms with Crippen molar-refractivity contribution in [1.29, 1.82) is 0 Å². The van der Waals surface area contributed by atoms with Crippen molar-refractivity contribution < 1.29 is 19.0 Å². The summed E-state index contributed by atoms with van der Waals surface area (Å²) in [7, 11) is 0. The number of nitrogens with two attached hydrogens (primary N) is 1. The van der Waals surface area contributed by atoms with Crippen LogP contribution in [0, 0.1) is 5.82 Å². The average molecular weight is 278 g/mol. The summed E-state index contributed by atoms with van der Waals surface area (Å²) < 4.78 is 18.3. The zero-order valence-corrected chi connectivity index (χ0v) is 9.25. The molecule has 4 nitrogen and oxygen atoms in total. The predicted octanol–water partition coefficient (Wildman–Crippen LogP) is 2.02. The fourth-order valence-corrected chi connectivity index (χ4v) is 1.28. The third kappa shape index (κ3) is 3.39. The van der Waals surface area contributed by atoms with E-state index in [1.165, 1.54) is 6.07 Å². The Morgan fingerprint density at radius 1 is 1.60 bits per heavy atom. The molecule has 3 N–H and O–H groups in total. The molecule has 6 heteroatoms. The molecule has 0 aliphatic carbocycles. The number of aliphatic carboxylic acids is 1. The summed E-state index contributed by atoms with van der Waals surface area (Å²) in [6.07, 6.45) is -0.156. The number of carboxylic acids is 1. The van der Waals surface area contributed by atoms with Crippen LogP contribution in [-0.2, 0) is 4.79 Å². The van der Waals surface area contributed by atoms with E-state index in [9.17, 15) is 9.18 Å². The molecule has 0 unspecified atom stereocenters. The molecule has 15 heavy (non-hydrogen) atoms. The molecule has 0 aromatic heterocycles. The molecule has 0 saturated heterocycles. The fourth-order valence-electron chi connectivity index (χ4n) is 0.917. The quantitative estimate of drug-likeness (QED) is 0.826. The van der Waals surface area contributed by atoms with Crippen molar-refractivity contribution in [1.82, 2.24) is 0 Å². The van der Waals surface area contributed by atoms with Crippen molar-refractivity contribution in [2.75, 3.05) is 12.3 Å². The minimum Gasteiger partial charge on any atom is -0.491 e. The van der Waals surface area contributed by atoms with Crippen molar-refractivity contribution in [3.63, 3.8) is 0 Å². The Labute approximate surface area is 94.0 Å². The molecule has 0 aliphatic rings. The number of carbonyl (C=O) groups is 1. The van der Waals surface area contributed by atoms with Gasteiger partial charge < -0.3 is 15.6 Å². The second-order valence-corrected chi connectivity index (χ2v) is 3.65. The van der Waals surface area contributed by atoms with Gasteiger partial charge in [0.25, 0.3) is 0 Å². The van der Waals surface area contributed by atoms with Gasteiger partial charge in [0.1, 0.15) is 11.6 Å². The number of anilines is 1. The standard InChI is InChI=1S/C9H9BrFNO3/c10-5-3-7(12)8(4-6(5)11)15-2-1-9(13)14/h3-4H,1-2,12H2,(H,13,14). The molecular formula is C9H9BrFNO3. The Bertz CT molecular complexity index is 384. The van der Waals surface area contributed by atoms with Crippen molar-refractivity contribution in [2.45, 2.75) is 6.42 Å². The third-order valence-electron chi connectivity index (χ3n) is 1.63. The minimum absolute atomic E-state index is 0.0411. The van der Waals surface area contributed by atoms with Gasteiger partial charge in [-0.2, -0.15) is 0 Å². The summed E-state index contributed by atoms with van der Waals surface area (Å²) >= 11 is 2.97. The van der Waals surface area contributed by atoms with Gasteiger partial charge >= 0.3 is 5.97 Å². The zero-order chi connectivity index (χ0) is 11.4. The van der Waals surface area contributed by atoms with Crippen LogP contribution in [0.4, 0.5) is 10.1 Å². The Balaban J connectivity index is 2.69. The monoisotopic (exact) mass is 277 g/mol. The molecule has 0 fully saturated rings. The second kappa shape index (κ2) is 4.97. The topological polar surface area (TPSA) is 72.5 Å². The van der Waals surface area contributed by atoms with Gasteiger partial charge in [0.2, 0.25) is 0 Å². The first-order valence-corrected chi connectivity index (χ1v) is 4.89. The molecule has 1 aromatic rings. The van der Waals surface area contributed by atoms with Crippen molar-refractivity contribution in [2.24, 2.45) is 0 Å². The number of carboxylic acid groups (broad SMARTS) is 1. The molecule has 0 heterocycles. The first-order valence-electron chi connectivity index (χ1n) is 4.10. The lowest BCUT2D eigenvalue weighted by Gasteiger charge is -2.08. The lowest BCUT2D eigenvalue weighted by Crippen LogP contribution is -2.06. The van der Waals surface area contributed by atoms with E-state index in [0.717, 1.165) is 6.07 Å². The van der Waals surface area contributed by atoms with E-state index in [-0.39, 0.29) is 28.9 Å². The van der Waals surface area contributed by atoms with E-state index in [4.69, 9.17) is 15.6 Å². The molecule has 0 saturated carbocycles. The largest absolute Gasteiger partial charge is 0.491 e. The van der Waals surface area contributed by atoms with Gasteiger partial charge in [-0.1, -0.05) is 0 Å². The maximum atomic E-state index is 13.0. The van der Waals surface area contributed by atoms with Crippen LogP contribution in [0.25, 0.3) is 0 Å². The number of rotatable bonds is 4. The highest BCUT2D eigenvalue weighted by Gasteiger charge is 2.07. The lowest BCUT2D eigenvalue weighted by molar-refractivity contribution is -0.137. The van der Waals surface area contributed by atoms with Gasteiger partial charge in [-0.05, 0) is 22.0 Å². The van der Waals surface area contributed by atoms with Gasteiger partial charge in [-0.3, -0.25) is 4.79 Å². The summed E-state index contributed by atoms with van der Waals surface area (Å²) in [5.41, 5.74) is 5.80. The molecule has 0 atom stereocenters. The molecular weight excluding hydrogens is 269 g/mol. The molecule has 1 aromatic carbocycles. The molecule has 0 amide bonds. The van der Waals surface area contributed by atoms with E-state index >= 15 is 0 Å². The molecule has 0 spiro atoms. The molecule has 0 bridgehead atoms. The van der Waals surface area contributed by atoms with Crippen LogP contribution in [0.1, 0.15) is 6.42 Å². The number of ether oxygens (including phenoxy) is 1. The maximum Gasteiger partial charge on any atom is 0.306 e. The minimum atomic E-state index is -0.980. The van der Waals surface area contributed by atoms with Crippen molar-refractivity contribution in [3.05, 3.63) is 22.4 Å². The van der Waals surface area contributed by atoms with Crippen LogP contribution in [0.15, 0.2) is 16.6 Å². The summed E-state index contributed by atoms with van der Waals surface area (Å²) in [6.45, 7) is -0.0411. The highest BCUT2D eigenvalue weighted by atomic mass is 79.9. The van der Waals surface area contributed by atoms with E-state index in [0.29, 0.717) is 0 Å². The Morgan fingerprint density at radius 2 is 2.27 bits per heavy atom. The van der Waals surface area contributed by atoms with Gasteiger partial charge in [-0.15, -0.1) is 0 Å². The normalized spacial score (nSPS) is 10.0. The SMILES string of the molecule is Nc1cc(Br)c(F)cc1OCCC(=O)O. The fraction of sp³-hybridized carbons (Fsp3) is 0.222. The third-order valence-corrected chi connectivity index (χ3v) is 2.23. The van der Waals surface area contributed by atoms with E-state index in [2.05, 4.69) is 15.9 Å². The number of halogens is 2. The number of benzene rings is 1. The van der Waals surface area contributed by atoms with Crippen LogP contribution in [0.5, 0.6) is 5.75 Å². The number of hydrogen-bond acceptors (Lipinski definition) is 3. The van der Waals surface area contributed by atoms with Gasteiger partial charge in [-0.25, -0.2) is 4.39 Å². The number of nitrogen functional groups attached to an aromatic ring is 1. The first kappa shape index (κ1) is 11.8. The summed E-state index contributed by atoms with van der Waals surface area (Å²) in [4.78, 5) is 10.2. The van der Waals surface area contributed by atoms with Crippen LogP contribution >= 0.6 is 15.9 Å². The molecule has 1 rings (SSSR count). The van der Waals surface area contributed by atoms with Gasteiger partial charge in [0.05, 0.1) is 23.2 Å². The van der Waals surface area contributed by atoms with Crippen LogP contribution in [0.3, 0.4) is 0 Å². The molecule has 0 radical (unpaired) electrons. The predicted molar refractivity (Wildman–Crippen MR) is 56.3 cm³/mol. The highest BCUT2D eigenvalue weighted by Crippen LogP contribution is 2.28.